The quantitative estimate of drug-likeness (QED) is 0.217. The molecule has 2 heterocycles. The Morgan fingerprint density at radius 2 is 2.07 bits per heavy atom. The van der Waals surface area contributed by atoms with Crippen LogP contribution in [-0.4, -0.2) is 65.8 Å². The van der Waals surface area contributed by atoms with Crippen molar-refractivity contribution in [3.63, 3.8) is 0 Å². The van der Waals surface area contributed by atoms with Gasteiger partial charge in [0.25, 0.3) is 0 Å². The molecule has 1 atom stereocenters. The van der Waals surface area contributed by atoms with Crippen molar-refractivity contribution in [1.29, 1.82) is 0 Å². The van der Waals surface area contributed by atoms with Crippen molar-refractivity contribution in [2.45, 2.75) is 6.04 Å². The molecule has 1 aromatic carbocycles. The molecular formula is C18H23ClIN7O2. The molecular weight excluding hydrogens is 509 g/mol. The van der Waals surface area contributed by atoms with Gasteiger partial charge in [-0.15, -0.1) is 24.0 Å². The average molecular weight is 532 g/mol. The summed E-state index contributed by atoms with van der Waals surface area (Å²) in [4.78, 5) is 28.5. The molecule has 0 bridgehead atoms. The Morgan fingerprint density at radius 1 is 1.31 bits per heavy atom. The Hall–Kier alpha value is -2.34. The number of rotatable bonds is 7. The molecule has 0 aliphatic carbocycles. The van der Waals surface area contributed by atoms with Crippen LogP contribution in [-0.2, 0) is 4.79 Å². The number of benzene rings is 1. The lowest BCUT2D eigenvalue weighted by Crippen LogP contribution is -2.44. The number of carbonyl (C=O) groups excluding carboxylic acids is 2. The topological polar surface area (TPSA) is 104 Å². The molecule has 1 unspecified atom stereocenters. The van der Waals surface area contributed by atoms with Crippen molar-refractivity contribution in [3.8, 4) is 0 Å². The van der Waals surface area contributed by atoms with E-state index in [-0.39, 0.29) is 55.0 Å². The Bertz CT molecular complexity index is 826. The van der Waals surface area contributed by atoms with Crippen molar-refractivity contribution < 1.29 is 9.59 Å². The molecule has 1 aromatic heterocycles. The average Bonchev–Trinajstić information content (AvgIpc) is 3.33. The summed E-state index contributed by atoms with van der Waals surface area (Å²) in [6, 6.07) is 9.06. The second kappa shape index (κ2) is 11.0. The Morgan fingerprint density at radius 3 is 2.66 bits per heavy atom. The first-order valence-electron chi connectivity index (χ1n) is 8.86. The zero-order valence-corrected chi connectivity index (χ0v) is 18.9. The molecule has 9 nitrogen and oxygen atoms in total. The summed E-state index contributed by atoms with van der Waals surface area (Å²) >= 11 is 6.00. The first kappa shape index (κ1) is 22.9. The van der Waals surface area contributed by atoms with Crippen molar-refractivity contribution in [3.05, 3.63) is 53.3 Å². The molecule has 156 valence electrons. The number of nitrogens with zero attached hydrogens (tertiary/aromatic N) is 4. The van der Waals surface area contributed by atoms with Crippen LogP contribution in [0, 0.1) is 0 Å². The molecule has 1 saturated heterocycles. The van der Waals surface area contributed by atoms with Gasteiger partial charge in [0.1, 0.15) is 0 Å². The normalized spacial score (nSPS) is 15.0. The highest BCUT2D eigenvalue weighted by Crippen LogP contribution is 2.19. The number of imide groups is 1. The van der Waals surface area contributed by atoms with Crippen molar-refractivity contribution in [2.24, 2.45) is 4.99 Å². The van der Waals surface area contributed by atoms with Gasteiger partial charge < -0.3 is 16.0 Å². The maximum atomic E-state index is 11.6. The monoisotopic (exact) mass is 531 g/mol. The van der Waals surface area contributed by atoms with E-state index in [9.17, 15) is 9.59 Å². The molecule has 3 N–H and O–H groups in total. The summed E-state index contributed by atoms with van der Waals surface area (Å²) in [7, 11) is 1.66. The Labute approximate surface area is 190 Å². The van der Waals surface area contributed by atoms with Gasteiger partial charge in [0.05, 0.1) is 12.6 Å². The number of urea groups is 1. The number of nitrogens with one attached hydrogen (secondary N) is 3. The van der Waals surface area contributed by atoms with Crippen LogP contribution in [0.2, 0.25) is 5.02 Å². The third kappa shape index (κ3) is 6.07. The summed E-state index contributed by atoms with van der Waals surface area (Å²) in [5, 5.41) is 13.9. The van der Waals surface area contributed by atoms with Gasteiger partial charge in [-0.05, 0) is 23.8 Å². The van der Waals surface area contributed by atoms with Gasteiger partial charge in [0, 0.05) is 44.1 Å². The predicted octanol–water partition coefficient (Wildman–Crippen LogP) is 1.46. The minimum Gasteiger partial charge on any atom is -0.355 e. The lowest BCUT2D eigenvalue weighted by Gasteiger charge is -2.21. The van der Waals surface area contributed by atoms with Gasteiger partial charge in [-0.25, -0.2) is 4.79 Å². The Kier molecular flexibility index (Phi) is 8.70. The lowest BCUT2D eigenvalue weighted by molar-refractivity contribution is -0.124. The fraction of sp³-hybridized carbons (Fsp3) is 0.333. The molecule has 3 rings (SSSR count). The van der Waals surface area contributed by atoms with Crippen LogP contribution in [0.1, 0.15) is 11.6 Å². The fourth-order valence-electron chi connectivity index (χ4n) is 2.90. The van der Waals surface area contributed by atoms with E-state index in [1.54, 1.807) is 13.2 Å². The van der Waals surface area contributed by atoms with Crippen molar-refractivity contribution in [2.75, 3.05) is 33.2 Å². The van der Waals surface area contributed by atoms with Crippen LogP contribution in [0.25, 0.3) is 0 Å². The SMILES string of the molecule is CN=C(NCCN1C(=O)CNC1=O)NCC(c1ccc(Cl)cc1)n1cccn1.I. The predicted molar refractivity (Wildman–Crippen MR) is 122 cm³/mol. The van der Waals surface area contributed by atoms with Crippen LogP contribution in [0.5, 0.6) is 0 Å². The number of carbonyl (C=O) groups is 2. The summed E-state index contributed by atoms with van der Waals surface area (Å²) < 4.78 is 1.86. The van der Waals surface area contributed by atoms with E-state index in [0.29, 0.717) is 24.1 Å². The number of aliphatic imine (C=N–C) groups is 1. The van der Waals surface area contributed by atoms with Crippen molar-refractivity contribution >= 4 is 53.5 Å². The number of hydrogen-bond acceptors (Lipinski definition) is 4. The second-order valence-electron chi connectivity index (χ2n) is 6.14. The van der Waals surface area contributed by atoms with Crippen LogP contribution in [0.15, 0.2) is 47.7 Å². The first-order valence-corrected chi connectivity index (χ1v) is 9.23. The van der Waals surface area contributed by atoms with E-state index in [1.807, 2.05) is 41.2 Å². The van der Waals surface area contributed by atoms with Gasteiger partial charge in [0.2, 0.25) is 5.91 Å². The van der Waals surface area contributed by atoms with Gasteiger partial charge in [-0.1, -0.05) is 23.7 Å². The van der Waals surface area contributed by atoms with Crippen LogP contribution < -0.4 is 16.0 Å². The molecule has 0 saturated carbocycles. The lowest BCUT2D eigenvalue weighted by atomic mass is 10.1. The molecule has 0 spiro atoms. The maximum absolute atomic E-state index is 11.6. The number of amides is 3. The third-order valence-corrected chi connectivity index (χ3v) is 4.60. The summed E-state index contributed by atoms with van der Waals surface area (Å²) in [6.07, 6.45) is 3.63. The Balaban J connectivity index is 0.00000300. The van der Waals surface area contributed by atoms with Crippen molar-refractivity contribution in [1.82, 2.24) is 30.6 Å². The zero-order chi connectivity index (χ0) is 19.9. The highest BCUT2D eigenvalue weighted by atomic mass is 127. The van der Waals surface area contributed by atoms with E-state index in [2.05, 4.69) is 26.0 Å². The number of hydrogen-bond donors (Lipinski definition) is 3. The third-order valence-electron chi connectivity index (χ3n) is 4.35. The molecule has 29 heavy (non-hydrogen) atoms. The van der Waals surface area contributed by atoms with Gasteiger partial charge in [-0.2, -0.15) is 5.10 Å². The van der Waals surface area contributed by atoms with Gasteiger partial charge in [-0.3, -0.25) is 19.4 Å². The molecule has 1 fully saturated rings. The highest BCUT2D eigenvalue weighted by molar-refractivity contribution is 14.0. The molecule has 0 radical (unpaired) electrons. The minimum absolute atomic E-state index is 0. The number of guanidine groups is 1. The van der Waals surface area contributed by atoms with E-state index in [0.717, 1.165) is 5.56 Å². The van der Waals surface area contributed by atoms with E-state index < -0.39 is 0 Å². The highest BCUT2D eigenvalue weighted by Gasteiger charge is 2.27. The van der Waals surface area contributed by atoms with Crippen LogP contribution >= 0.6 is 35.6 Å². The van der Waals surface area contributed by atoms with E-state index in [1.165, 1.54) is 4.90 Å². The number of halogens is 2. The summed E-state index contributed by atoms with van der Waals surface area (Å²) in [5.41, 5.74) is 1.05. The standard InChI is InChI=1S/C18H22ClN7O2.HI/c1-20-17(21-8-10-25-16(27)12-23-18(25)28)22-11-15(26-9-2-7-24-26)13-3-5-14(19)6-4-13;/h2-7,9,15H,8,10-12H2,1H3,(H,23,28)(H2,20,21,22);1H. The van der Waals surface area contributed by atoms with E-state index >= 15 is 0 Å². The maximum Gasteiger partial charge on any atom is 0.324 e. The summed E-state index contributed by atoms with van der Waals surface area (Å²) in [6.45, 7) is 1.25. The largest absolute Gasteiger partial charge is 0.355 e. The van der Waals surface area contributed by atoms with Crippen LogP contribution in [0.4, 0.5) is 4.79 Å². The minimum atomic E-state index is -0.365. The zero-order valence-electron chi connectivity index (χ0n) is 15.8. The van der Waals surface area contributed by atoms with Gasteiger partial charge >= 0.3 is 6.03 Å². The molecule has 1 aliphatic rings. The molecule has 3 amide bonds. The summed E-state index contributed by atoms with van der Waals surface area (Å²) in [5.74, 6) is 0.342. The second-order valence-corrected chi connectivity index (χ2v) is 6.57. The smallest absolute Gasteiger partial charge is 0.324 e. The fourth-order valence-corrected chi connectivity index (χ4v) is 3.02. The molecule has 1 aliphatic heterocycles. The first-order chi connectivity index (χ1) is 13.6. The number of aromatic nitrogens is 2. The van der Waals surface area contributed by atoms with Crippen LogP contribution in [0.3, 0.4) is 0 Å². The molecule has 2 aromatic rings. The van der Waals surface area contributed by atoms with Gasteiger partial charge in [0.15, 0.2) is 5.96 Å². The van der Waals surface area contributed by atoms with E-state index in [4.69, 9.17) is 11.6 Å². The molecule has 11 heteroatoms.